The van der Waals surface area contributed by atoms with Crippen LogP contribution >= 0.6 is 23.4 Å². The number of nitrogens with zero attached hydrogens (tertiary/aromatic N) is 1. The van der Waals surface area contributed by atoms with Crippen LogP contribution in [-0.4, -0.2) is 46.3 Å². The summed E-state index contributed by atoms with van der Waals surface area (Å²) in [7, 11) is 0. The molecular formula is C22H21ClN2O4S. The molecule has 1 aliphatic heterocycles. The zero-order chi connectivity index (χ0) is 21.5. The number of halogens is 1. The number of carbonyl (C=O) groups excluding carboxylic acids is 3. The zero-order valence-corrected chi connectivity index (χ0v) is 17.7. The minimum Gasteiger partial charge on any atom is -0.394 e. The van der Waals surface area contributed by atoms with Crippen molar-refractivity contribution in [3.63, 3.8) is 0 Å². The lowest BCUT2D eigenvalue weighted by Gasteiger charge is -2.18. The van der Waals surface area contributed by atoms with Gasteiger partial charge in [0.1, 0.15) is 0 Å². The highest BCUT2D eigenvalue weighted by Crippen LogP contribution is 2.33. The maximum atomic E-state index is 12.6. The maximum absolute atomic E-state index is 12.6. The van der Waals surface area contributed by atoms with Gasteiger partial charge in [-0.1, -0.05) is 60.1 Å². The molecule has 1 saturated heterocycles. The van der Waals surface area contributed by atoms with Crippen LogP contribution in [0, 0.1) is 0 Å². The lowest BCUT2D eigenvalue weighted by atomic mass is 10.1. The van der Waals surface area contributed by atoms with Crippen molar-refractivity contribution in [3.05, 3.63) is 75.7 Å². The van der Waals surface area contributed by atoms with Crippen molar-refractivity contribution < 1.29 is 19.5 Å². The predicted molar refractivity (Wildman–Crippen MR) is 118 cm³/mol. The summed E-state index contributed by atoms with van der Waals surface area (Å²) in [6.07, 6.45) is 2.03. The van der Waals surface area contributed by atoms with E-state index in [4.69, 9.17) is 11.6 Å². The summed E-state index contributed by atoms with van der Waals surface area (Å²) in [5.41, 5.74) is 1.64. The molecule has 0 aliphatic carbocycles. The van der Waals surface area contributed by atoms with Gasteiger partial charge in [0.15, 0.2) is 0 Å². The van der Waals surface area contributed by atoms with E-state index in [9.17, 15) is 19.5 Å². The third-order valence-electron chi connectivity index (χ3n) is 4.54. The smallest absolute Gasteiger partial charge is 0.293 e. The molecule has 0 unspecified atom stereocenters. The number of hydrogen-bond donors (Lipinski definition) is 2. The topological polar surface area (TPSA) is 86.7 Å². The highest BCUT2D eigenvalue weighted by molar-refractivity contribution is 8.18. The van der Waals surface area contributed by atoms with Crippen LogP contribution in [0.3, 0.4) is 0 Å². The van der Waals surface area contributed by atoms with Gasteiger partial charge in [0, 0.05) is 18.0 Å². The lowest BCUT2D eigenvalue weighted by molar-refractivity contribution is -0.124. The van der Waals surface area contributed by atoms with Crippen molar-refractivity contribution in [3.8, 4) is 0 Å². The summed E-state index contributed by atoms with van der Waals surface area (Å²) in [4.78, 5) is 38.4. The average molecular weight is 445 g/mol. The van der Waals surface area contributed by atoms with Gasteiger partial charge in [0.2, 0.25) is 5.91 Å². The number of aliphatic hydroxyl groups is 1. The summed E-state index contributed by atoms with van der Waals surface area (Å²) in [5.74, 6) is -0.778. The Hall–Kier alpha value is -2.61. The lowest BCUT2D eigenvalue weighted by Crippen LogP contribution is -2.41. The van der Waals surface area contributed by atoms with Crippen LogP contribution in [0.4, 0.5) is 4.79 Å². The summed E-state index contributed by atoms with van der Waals surface area (Å²) in [6.45, 7) is -0.234. The SMILES string of the molecule is O=C(CCN1C(=O)S/C(=C\c2ccccc2Cl)C1=O)N[C@H](CO)Cc1ccccc1. The highest BCUT2D eigenvalue weighted by Gasteiger charge is 2.35. The number of nitrogens with one attached hydrogen (secondary N) is 1. The molecule has 8 heteroatoms. The largest absolute Gasteiger partial charge is 0.394 e. The number of imide groups is 1. The molecule has 3 amide bonds. The molecule has 1 heterocycles. The van der Waals surface area contributed by atoms with Crippen molar-refractivity contribution >= 4 is 46.5 Å². The number of rotatable bonds is 8. The standard InChI is InChI=1S/C22H21ClN2O4S/c23-18-9-5-4-8-16(18)13-19-21(28)25(22(29)30-19)11-10-20(27)24-17(14-26)12-15-6-2-1-3-7-15/h1-9,13,17,26H,10-12,14H2,(H,24,27)/b19-13-/t17-/m0/s1. The summed E-state index contributed by atoms with van der Waals surface area (Å²) >= 11 is 6.93. The van der Waals surface area contributed by atoms with Crippen LogP contribution < -0.4 is 5.32 Å². The van der Waals surface area contributed by atoms with Gasteiger partial charge in [0.05, 0.1) is 17.6 Å². The normalized spacial score (nSPS) is 16.2. The molecule has 0 bridgehead atoms. The quantitative estimate of drug-likeness (QED) is 0.608. The highest BCUT2D eigenvalue weighted by atomic mass is 35.5. The van der Waals surface area contributed by atoms with Crippen LogP contribution in [0.15, 0.2) is 59.5 Å². The fraction of sp³-hybridized carbons (Fsp3) is 0.227. The van der Waals surface area contributed by atoms with Crippen LogP contribution in [0.2, 0.25) is 5.02 Å². The fourth-order valence-electron chi connectivity index (χ4n) is 3.00. The predicted octanol–water partition coefficient (Wildman–Crippen LogP) is 3.49. The first-order valence-electron chi connectivity index (χ1n) is 9.42. The minimum atomic E-state index is -0.444. The van der Waals surface area contributed by atoms with Gasteiger partial charge in [-0.05, 0) is 41.5 Å². The monoisotopic (exact) mass is 444 g/mol. The van der Waals surface area contributed by atoms with Crippen LogP contribution in [-0.2, 0) is 16.0 Å². The van der Waals surface area contributed by atoms with Crippen LogP contribution in [0.5, 0.6) is 0 Å². The van der Waals surface area contributed by atoms with E-state index in [2.05, 4.69) is 5.32 Å². The molecule has 2 N–H and O–H groups in total. The van der Waals surface area contributed by atoms with Gasteiger partial charge in [-0.2, -0.15) is 0 Å². The third-order valence-corrected chi connectivity index (χ3v) is 5.79. The number of benzene rings is 2. The van der Waals surface area contributed by atoms with E-state index in [1.165, 1.54) is 0 Å². The fourth-order valence-corrected chi connectivity index (χ4v) is 4.05. The second-order valence-electron chi connectivity index (χ2n) is 6.74. The second kappa shape index (κ2) is 10.4. The molecule has 1 aliphatic rings. The number of thioether (sulfide) groups is 1. The van der Waals surface area contributed by atoms with Crippen molar-refractivity contribution in [1.29, 1.82) is 0 Å². The van der Waals surface area contributed by atoms with Gasteiger partial charge in [-0.3, -0.25) is 19.3 Å². The third kappa shape index (κ3) is 5.72. The van der Waals surface area contributed by atoms with Gasteiger partial charge < -0.3 is 10.4 Å². The Balaban J connectivity index is 1.56. The number of aliphatic hydroxyl groups excluding tert-OH is 1. The van der Waals surface area contributed by atoms with Crippen LogP contribution in [0.1, 0.15) is 17.5 Å². The van der Waals surface area contributed by atoms with Gasteiger partial charge in [-0.25, -0.2) is 0 Å². The van der Waals surface area contributed by atoms with Crippen molar-refractivity contribution in [2.75, 3.05) is 13.2 Å². The van der Waals surface area contributed by atoms with E-state index >= 15 is 0 Å². The Kier molecular flexibility index (Phi) is 7.68. The molecule has 1 fully saturated rings. The summed E-state index contributed by atoms with van der Waals surface area (Å²) < 4.78 is 0. The molecule has 3 rings (SSSR count). The summed E-state index contributed by atoms with van der Waals surface area (Å²) in [6, 6.07) is 16.1. The molecule has 2 aromatic carbocycles. The maximum Gasteiger partial charge on any atom is 0.293 e. The molecule has 6 nitrogen and oxygen atoms in total. The number of hydrogen-bond acceptors (Lipinski definition) is 5. The Morgan fingerprint density at radius 2 is 1.83 bits per heavy atom. The molecule has 0 spiro atoms. The molecule has 0 radical (unpaired) electrons. The Bertz CT molecular complexity index is 965. The van der Waals surface area contributed by atoms with E-state index in [1.807, 2.05) is 30.3 Å². The van der Waals surface area contributed by atoms with E-state index in [0.717, 1.165) is 22.2 Å². The Morgan fingerprint density at radius 1 is 1.13 bits per heavy atom. The van der Waals surface area contributed by atoms with Gasteiger partial charge >= 0.3 is 0 Å². The average Bonchev–Trinajstić information content (AvgIpc) is 3.01. The van der Waals surface area contributed by atoms with E-state index in [1.54, 1.807) is 30.3 Å². The van der Waals surface area contributed by atoms with E-state index in [0.29, 0.717) is 17.0 Å². The van der Waals surface area contributed by atoms with Crippen molar-refractivity contribution in [2.45, 2.75) is 18.9 Å². The molecule has 30 heavy (non-hydrogen) atoms. The van der Waals surface area contributed by atoms with Gasteiger partial charge in [0.25, 0.3) is 11.1 Å². The van der Waals surface area contributed by atoms with Crippen LogP contribution in [0.25, 0.3) is 6.08 Å². The van der Waals surface area contributed by atoms with Crippen molar-refractivity contribution in [2.24, 2.45) is 0 Å². The Labute approximate surface area is 183 Å². The molecule has 156 valence electrons. The first-order valence-corrected chi connectivity index (χ1v) is 10.6. The molecule has 2 aromatic rings. The summed E-state index contributed by atoms with van der Waals surface area (Å²) in [5, 5.41) is 12.4. The minimum absolute atomic E-state index is 0.0279. The van der Waals surface area contributed by atoms with E-state index in [-0.39, 0.29) is 30.4 Å². The zero-order valence-electron chi connectivity index (χ0n) is 16.1. The van der Waals surface area contributed by atoms with Gasteiger partial charge in [-0.15, -0.1) is 0 Å². The molecule has 1 atom stereocenters. The van der Waals surface area contributed by atoms with E-state index < -0.39 is 17.2 Å². The molecule has 0 aromatic heterocycles. The number of amides is 3. The number of carbonyl (C=O) groups is 3. The second-order valence-corrected chi connectivity index (χ2v) is 8.14. The molecule has 0 saturated carbocycles. The van der Waals surface area contributed by atoms with Crippen molar-refractivity contribution in [1.82, 2.24) is 10.2 Å². The first-order chi connectivity index (χ1) is 14.5. The Morgan fingerprint density at radius 3 is 2.53 bits per heavy atom. The first kappa shape index (κ1) is 22.1. The molecular weight excluding hydrogens is 424 g/mol.